The average molecular weight is 406 g/mol. The Morgan fingerprint density at radius 2 is 1.67 bits per heavy atom. The molecule has 3 rings (SSSR count). The molecule has 0 saturated carbocycles. The Kier molecular flexibility index (Phi) is 7.46. The molecule has 0 fully saturated rings. The van der Waals surface area contributed by atoms with E-state index in [0.29, 0.717) is 24.7 Å². The van der Waals surface area contributed by atoms with Gasteiger partial charge in [0, 0.05) is 11.3 Å². The van der Waals surface area contributed by atoms with E-state index in [9.17, 15) is 4.79 Å². The molecule has 3 aromatic rings. The van der Waals surface area contributed by atoms with Gasteiger partial charge in [0.1, 0.15) is 13.2 Å². The molecule has 0 aliphatic rings. The molecule has 0 spiro atoms. The minimum absolute atomic E-state index is 0.0489. The topological polar surface area (TPSA) is 64.2 Å². The highest BCUT2D eigenvalue weighted by Crippen LogP contribution is 2.25. The van der Waals surface area contributed by atoms with Crippen molar-refractivity contribution in [2.24, 2.45) is 0 Å². The molecule has 3 aromatic carbocycles. The zero-order chi connectivity index (χ0) is 21.3. The highest BCUT2D eigenvalue weighted by atomic mass is 16.5. The molecule has 0 saturated heterocycles. The number of anilines is 1. The number of nitrogens with two attached hydrogens (primary N) is 1. The smallest absolute Gasteiger partial charge is 0.287 e. The number of hydrogen-bond donors (Lipinski definition) is 2. The quantitative estimate of drug-likeness (QED) is 0.534. The number of amides is 1. The van der Waals surface area contributed by atoms with E-state index in [1.807, 2.05) is 92.0 Å². The van der Waals surface area contributed by atoms with Crippen LogP contribution in [0.3, 0.4) is 0 Å². The second-order valence-electron chi connectivity index (χ2n) is 7.22. The van der Waals surface area contributed by atoms with Crippen molar-refractivity contribution in [3.05, 3.63) is 89.5 Å². The van der Waals surface area contributed by atoms with Crippen LogP contribution in [0.1, 0.15) is 22.7 Å². The van der Waals surface area contributed by atoms with Crippen molar-refractivity contribution in [3.8, 4) is 11.5 Å². The third-order valence-corrected chi connectivity index (χ3v) is 4.94. The van der Waals surface area contributed by atoms with Crippen LogP contribution in [-0.2, 0) is 4.79 Å². The van der Waals surface area contributed by atoms with Crippen molar-refractivity contribution in [2.45, 2.75) is 19.9 Å². The van der Waals surface area contributed by atoms with Gasteiger partial charge in [0.15, 0.2) is 17.5 Å². The second-order valence-corrected chi connectivity index (χ2v) is 7.22. The lowest BCUT2D eigenvalue weighted by Crippen LogP contribution is -2.88. The fraction of sp³-hybridized carbons (Fsp3) is 0.240. The largest absolute Gasteiger partial charge is 0.493 e. The van der Waals surface area contributed by atoms with Crippen LogP contribution >= 0.6 is 0 Å². The van der Waals surface area contributed by atoms with Crippen LogP contribution in [-0.4, -0.2) is 26.2 Å². The number of hydrogen-bond acceptors (Lipinski definition) is 3. The van der Waals surface area contributed by atoms with Gasteiger partial charge in [0.25, 0.3) is 5.91 Å². The SMILES string of the molecule is COc1ccccc1OCC[NH2+][C@H](C(=O)Nc1cc(C)ccc1C)c1ccccc1. The van der Waals surface area contributed by atoms with Crippen LogP contribution < -0.4 is 20.1 Å². The molecule has 0 unspecified atom stereocenters. The number of rotatable bonds is 9. The highest BCUT2D eigenvalue weighted by Gasteiger charge is 2.24. The minimum Gasteiger partial charge on any atom is -0.493 e. The summed E-state index contributed by atoms with van der Waals surface area (Å²) in [5, 5.41) is 5.10. The fourth-order valence-corrected chi connectivity index (χ4v) is 3.28. The molecule has 0 aliphatic heterocycles. The van der Waals surface area contributed by atoms with Crippen molar-refractivity contribution in [1.29, 1.82) is 0 Å². The van der Waals surface area contributed by atoms with Gasteiger partial charge < -0.3 is 20.1 Å². The lowest BCUT2D eigenvalue weighted by Gasteiger charge is -2.17. The number of para-hydroxylation sites is 2. The number of ether oxygens (including phenoxy) is 2. The van der Waals surface area contributed by atoms with Crippen molar-refractivity contribution in [3.63, 3.8) is 0 Å². The molecule has 3 N–H and O–H groups in total. The summed E-state index contributed by atoms with van der Waals surface area (Å²) in [5.41, 5.74) is 3.96. The van der Waals surface area contributed by atoms with Crippen molar-refractivity contribution in [2.75, 3.05) is 25.6 Å². The van der Waals surface area contributed by atoms with Gasteiger partial charge in [-0.25, -0.2) is 0 Å². The van der Waals surface area contributed by atoms with Gasteiger partial charge in [-0.1, -0.05) is 54.6 Å². The molecule has 1 amide bonds. The zero-order valence-corrected chi connectivity index (χ0v) is 17.7. The number of aryl methyl sites for hydroxylation is 2. The number of benzene rings is 3. The minimum atomic E-state index is -0.368. The Bertz CT molecular complexity index is 973. The van der Waals surface area contributed by atoms with Gasteiger partial charge in [0.2, 0.25) is 0 Å². The molecular formula is C25H29N2O3+. The summed E-state index contributed by atoms with van der Waals surface area (Å²) in [7, 11) is 1.62. The first-order chi connectivity index (χ1) is 14.6. The Morgan fingerprint density at radius 1 is 0.967 bits per heavy atom. The van der Waals surface area contributed by atoms with Crippen LogP contribution in [0, 0.1) is 13.8 Å². The molecule has 0 radical (unpaired) electrons. The maximum absolute atomic E-state index is 13.1. The van der Waals surface area contributed by atoms with Crippen molar-refractivity contribution >= 4 is 11.6 Å². The van der Waals surface area contributed by atoms with Gasteiger partial charge in [-0.3, -0.25) is 4.79 Å². The molecule has 0 aliphatic carbocycles. The molecule has 0 bridgehead atoms. The van der Waals surface area contributed by atoms with E-state index < -0.39 is 0 Å². The predicted molar refractivity (Wildman–Crippen MR) is 119 cm³/mol. The summed E-state index contributed by atoms with van der Waals surface area (Å²) in [6.07, 6.45) is 0. The molecule has 5 heteroatoms. The number of quaternary nitrogens is 1. The fourth-order valence-electron chi connectivity index (χ4n) is 3.28. The van der Waals surface area contributed by atoms with Crippen LogP contribution in [0.2, 0.25) is 0 Å². The maximum Gasteiger partial charge on any atom is 0.287 e. The maximum atomic E-state index is 13.1. The van der Waals surface area contributed by atoms with Gasteiger partial charge in [0.05, 0.1) is 7.11 Å². The Labute approximate surface area is 178 Å². The second kappa shape index (κ2) is 10.5. The van der Waals surface area contributed by atoms with E-state index in [4.69, 9.17) is 9.47 Å². The van der Waals surface area contributed by atoms with Crippen molar-refractivity contribution in [1.82, 2.24) is 0 Å². The van der Waals surface area contributed by atoms with Crippen LogP contribution in [0.4, 0.5) is 5.69 Å². The zero-order valence-electron chi connectivity index (χ0n) is 17.7. The molecule has 5 nitrogen and oxygen atoms in total. The number of carbonyl (C=O) groups is 1. The van der Waals surface area contributed by atoms with E-state index in [0.717, 1.165) is 22.4 Å². The van der Waals surface area contributed by atoms with E-state index in [1.165, 1.54) is 0 Å². The van der Waals surface area contributed by atoms with E-state index in [2.05, 4.69) is 5.32 Å². The monoisotopic (exact) mass is 405 g/mol. The normalized spacial score (nSPS) is 11.6. The first kappa shape index (κ1) is 21.4. The van der Waals surface area contributed by atoms with Crippen molar-refractivity contribution < 1.29 is 19.6 Å². The summed E-state index contributed by atoms with van der Waals surface area (Å²) in [5.74, 6) is 1.35. The summed E-state index contributed by atoms with van der Waals surface area (Å²) >= 11 is 0. The Balaban J connectivity index is 1.67. The van der Waals surface area contributed by atoms with Gasteiger partial charge in [-0.05, 0) is 43.2 Å². The molecule has 156 valence electrons. The first-order valence-electron chi connectivity index (χ1n) is 10.1. The molecule has 0 heterocycles. The predicted octanol–water partition coefficient (Wildman–Crippen LogP) is 3.63. The first-order valence-corrected chi connectivity index (χ1v) is 10.1. The number of methoxy groups -OCH3 is 1. The van der Waals surface area contributed by atoms with E-state index >= 15 is 0 Å². The van der Waals surface area contributed by atoms with Gasteiger partial charge in [-0.15, -0.1) is 0 Å². The summed E-state index contributed by atoms with van der Waals surface area (Å²) < 4.78 is 11.2. The van der Waals surface area contributed by atoms with Gasteiger partial charge >= 0.3 is 0 Å². The number of nitrogens with one attached hydrogen (secondary N) is 1. The molecule has 1 atom stereocenters. The Morgan fingerprint density at radius 3 is 2.40 bits per heavy atom. The summed E-state index contributed by atoms with van der Waals surface area (Å²) in [6, 6.07) is 23.1. The van der Waals surface area contributed by atoms with E-state index in [-0.39, 0.29) is 11.9 Å². The number of carbonyl (C=O) groups excluding carboxylic acids is 1. The molecule has 30 heavy (non-hydrogen) atoms. The molecule has 0 aromatic heterocycles. The van der Waals surface area contributed by atoms with Crippen LogP contribution in [0.15, 0.2) is 72.8 Å². The average Bonchev–Trinajstić information content (AvgIpc) is 2.77. The van der Waals surface area contributed by atoms with Gasteiger partial charge in [-0.2, -0.15) is 0 Å². The Hall–Kier alpha value is -3.31. The lowest BCUT2D eigenvalue weighted by atomic mass is 10.1. The van der Waals surface area contributed by atoms with Crippen LogP contribution in [0.5, 0.6) is 11.5 Å². The third-order valence-electron chi connectivity index (χ3n) is 4.94. The summed E-state index contributed by atoms with van der Waals surface area (Å²) in [6.45, 7) is 5.10. The van der Waals surface area contributed by atoms with E-state index in [1.54, 1.807) is 7.11 Å². The standard InChI is InChI=1S/C25H28N2O3/c1-18-13-14-19(2)21(17-18)27-25(28)24(20-9-5-4-6-10-20)26-15-16-30-23-12-8-7-11-22(23)29-3/h4-14,17,24,26H,15-16H2,1-3H3,(H,27,28)/p+1/t24-/m0/s1. The lowest BCUT2D eigenvalue weighted by molar-refractivity contribution is -0.682. The third kappa shape index (κ3) is 5.61. The van der Waals surface area contributed by atoms with Crippen LogP contribution in [0.25, 0.3) is 0 Å². The molecular weight excluding hydrogens is 376 g/mol. The summed E-state index contributed by atoms with van der Waals surface area (Å²) in [4.78, 5) is 13.1. The highest BCUT2D eigenvalue weighted by molar-refractivity contribution is 5.95.